The zero-order valence-electron chi connectivity index (χ0n) is 11.6. The van der Waals surface area contributed by atoms with Crippen molar-refractivity contribution >= 4 is 29.1 Å². The second kappa shape index (κ2) is 6.78. The summed E-state index contributed by atoms with van der Waals surface area (Å²) in [5, 5.41) is 0.652. The lowest BCUT2D eigenvalue weighted by molar-refractivity contribution is 0.0782. The molecule has 0 aliphatic carbocycles. The van der Waals surface area contributed by atoms with Crippen molar-refractivity contribution in [1.82, 2.24) is 9.88 Å². The van der Waals surface area contributed by atoms with E-state index in [1.54, 1.807) is 31.6 Å². The minimum atomic E-state index is -0.261. The molecule has 1 amide bonds. The van der Waals surface area contributed by atoms with Crippen molar-refractivity contribution in [2.75, 3.05) is 14.2 Å². The number of pyridine rings is 1. The van der Waals surface area contributed by atoms with Gasteiger partial charge in [0.25, 0.3) is 5.91 Å². The number of nitrogens with zero attached hydrogens (tertiary/aromatic N) is 2. The van der Waals surface area contributed by atoms with E-state index in [-0.39, 0.29) is 17.2 Å². The SMILES string of the molecule is COc1c(Cl)ccc(Cl)c1C(=O)N(C)Cc1cccnc1. The van der Waals surface area contributed by atoms with Crippen LogP contribution in [-0.4, -0.2) is 29.9 Å². The molecule has 0 N–H and O–H groups in total. The number of rotatable bonds is 4. The van der Waals surface area contributed by atoms with E-state index in [1.165, 1.54) is 12.0 Å². The molecule has 0 atom stereocenters. The van der Waals surface area contributed by atoms with Crippen LogP contribution in [0.3, 0.4) is 0 Å². The number of ether oxygens (including phenoxy) is 1. The molecule has 0 unspecified atom stereocenters. The van der Waals surface area contributed by atoms with E-state index in [1.807, 2.05) is 12.1 Å². The quantitative estimate of drug-likeness (QED) is 0.861. The van der Waals surface area contributed by atoms with Crippen molar-refractivity contribution in [3.63, 3.8) is 0 Å². The Kier molecular flexibility index (Phi) is 5.04. The summed E-state index contributed by atoms with van der Waals surface area (Å²) in [5.41, 5.74) is 1.18. The molecule has 0 bridgehead atoms. The number of hydrogen-bond acceptors (Lipinski definition) is 3. The molecule has 110 valence electrons. The van der Waals surface area contributed by atoms with Gasteiger partial charge >= 0.3 is 0 Å². The van der Waals surface area contributed by atoms with Crippen molar-refractivity contribution in [2.24, 2.45) is 0 Å². The smallest absolute Gasteiger partial charge is 0.259 e. The minimum absolute atomic E-state index is 0.261. The third kappa shape index (κ3) is 3.46. The van der Waals surface area contributed by atoms with Crippen LogP contribution in [0.1, 0.15) is 15.9 Å². The zero-order valence-corrected chi connectivity index (χ0v) is 13.1. The molecule has 1 heterocycles. The Bertz CT molecular complexity index is 648. The molecule has 0 saturated heterocycles. The Morgan fingerprint density at radius 3 is 2.62 bits per heavy atom. The Balaban J connectivity index is 2.30. The summed E-state index contributed by atoms with van der Waals surface area (Å²) < 4.78 is 5.20. The summed E-state index contributed by atoms with van der Waals surface area (Å²) in [6.45, 7) is 0.415. The van der Waals surface area contributed by atoms with Crippen LogP contribution in [0, 0.1) is 0 Å². The monoisotopic (exact) mass is 324 g/mol. The van der Waals surface area contributed by atoms with Gasteiger partial charge in [-0.15, -0.1) is 0 Å². The lowest BCUT2D eigenvalue weighted by atomic mass is 10.1. The van der Waals surface area contributed by atoms with Gasteiger partial charge in [-0.3, -0.25) is 9.78 Å². The number of aromatic nitrogens is 1. The maximum atomic E-state index is 12.6. The van der Waals surface area contributed by atoms with Crippen molar-refractivity contribution in [1.29, 1.82) is 0 Å². The molecule has 0 aliphatic rings. The first-order chi connectivity index (χ1) is 10.0. The van der Waals surface area contributed by atoms with Crippen LogP contribution in [0.5, 0.6) is 5.75 Å². The topological polar surface area (TPSA) is 42.4 Å². The molecule has 21 heavy (non-hydrogen) atoms. The Morgan fingerprint density at radius 2 is 2.00 bits per heavy atom. The van der Waals surface area contributed by atoms with Gasteiger partial charge in [0.05, 0.1) is 17.2 Å². The van der Waals surface area contributed by atoms with Gasteiger partial charge in [-0.1, -0.05) is 29.3 Å². The van der Waals surface area contributed by atoms with E-state index < -0.39 is 0 Å². The van der Waals surface area contributed by atoms with E-state index in [9.17, 15) is 4.79 Å². The second-order valence-corrected chi connectivity index (χ2v) is 5.27. The van der Waals surface area contributed by atoms with Gasteiger partial charge in [-0.2, -0.15) is 0 Å². The highest BCUT2D eigenvalue weighted by atomic mass is 35.5. The number of carbonyl (C=O) groups is 1. The lowest BCUT2D eigenvalue weighted by Crippen LogP contribution is -2.27. The molecule has 6 heteroatoms. The molecular weight excluding hydrogens is 311 g/mol. The molecule has 0 aliphatic heterocycles. The van der Waals surface area contributed by atoms with E-state index in [0.29, 0.717) is 16.6 Å². The fourth-order valence-electron chi connectivity index (χ4n) is 1.96. The van der Waals surface area contributed by atoms with Gasteiger partial charge in [0.2, 0.25) is 0 Å². The molecular formula is C15H14Cl2N2O2. The molecule has 0 saturated carbocycles. The van der Waals surface area contributed by atoms with Crippen molar-refractivity contribution in [2.45, 2.75) is 6.54 Å². The van der Waals surface area contributed by atoms with Crippen molar-refractivity contribution < 1.29 is 9.53 Å². The van der Waals surface area contributed by atoms with Crippen LogP contribution in [0.4, 0.5) is 0 Å². The fourth-order valence-corrected chi connectivity index (χ4v) is 2.42. The normalized spacial score (nSPS) is 10.3. The molecule has 2 rings (SSSR count). The Labute approximate surface area is 133 Å². The van der Waals surface area contributed by atoms with Crippen LogP contribution in [0.15, 0.2) is 36.7 Å². The first-order valence-electron chi connectivity index (χ1n) is 6.21. The maximum Gasteiger partial charge on any atom is 0.259 e. The summed E-state index contributed by atoms with van der Waals surface area (Å²) in [7, 11) is 3.14. The van der Waals surface area contributed by atoms with Crippen LogP contribution < -0.4 is 4.74 Å². The van der Waals surface area contributed by atoms with E-state index in [0.717, 1.165) is 5.56 Å². The largest absolute Gasteiger partial charge is 0.494 e. The van der Waals surface area contributed by atoms with Crippen LogP contribution >= 0.6 is 23.2 Å². The van der Waals surface area contributed by atoms with Crippen molar-refractivity contribution in [3.8, 4) is 5.75 Å². The Hall–Kier alpha value is -1.78. The average Bonchev–Trinajstić information content (AvgIpc) is 2.49. The number of hydrogen-bond donors (Lipinski definition) is 0. The predicted octanol–water partition coefficient (Wildman–Crippen LogP) is 3.67. The number of carbonyl (C=O) groups excluding carboxylic acids is 1. The van der Waals surface area contributed by atoms with E-state index in [2.05, 4.69) is 4.98 Å². The highest BCUT2D eigenvalue weighted by Crippen LogP contribution is 2.34. The zero-order chi connectivity index (χ0) is 15.4. The first-order valence-corrected chi connectivity index (χ1v) is 6.96. The molecule has 4 nitrogen and oxygen atoms in total. The number of benzene rings is 1. The average molecular weight is 325 g/mol. The van der Waals surface area contributed by atoms with Gasteiger partial charge < -0.3 is 9.64 Å². The minimum Gasteiger partial charge on any atom is -0.494 e. The van der Waals surface area contributed by atoms with Gasteiger partial charge in [0.1, 0.15) is 5.56 Å². The van der Waals surface area contributed by atoms with Gasteiger partial charge in [0, 0.05) is 26.0 Å². The lowest BCUT2D eigenvalue weighted by Gasteiger charge is -2.20. The van der Waals surface area contributed by atoms with Crippen molar-refractivity contribution in [3.05, 3.63) is 57.8 Å². The van der Waals surface area contributed by atoms with E-state index in [4.69, 9.17) is 27.9 Å². The fraction of sp³-hybridized carbons (Fsp3) is 0.200. The first kappa shape index (κ1) is 15.6. The van der Waals surface area contributed by atoms with Crippen LogP contribution in [0.2, 0.25) is 10.0 Å². The summed E-state index contributed by atoms with van der Waals surface area (Å²) in [5.74, 6) is 0.0235. The summed E-state index contributed by atoms with van der Waals surface area (Å²) in [6, 6.07) is 6.90. The maximum absolute atomic E-state index is 12.6. The number of methoxy groups -OCH3 is 1. The molecule has 1 aromatic heterocycles. The molecule has 0 radical (unpaired) electrons. The molecule has 0 spiro atoms. The van der Waals surface area contributed by atoms with Gasteiger partial charge in [-0.25, -0.2) is 0 Å². The van der Waals surface area contributed by atoms with Crippen LogP contribution in [-0.2, 0) is 6.54 Å². The number of amides is 1. The second-order valence-electron chi connectivity index (χ2n) is 4.46. The van der Waals surface area contributed by atoms with Gasteiger partial charge in [0.15, 0.2) is 5.75 Å². The third-order valence-corrected chi connectivity index (χ3v) is 3.58. The van der Waals surface area contributed by atoms with E-state index >= 15 is 0 Å². The highest BCUT2D eigenvalue weighted by molar-refractivity contribution is 6.37. The number of halogens is 2. The standard InChI is InChI=1S/C15H14Cl2N2O2/c1-19(9-10-4-3-7-18-8-10)15(20)13-11(16)5-6-12(17)14(13)21-2/h3-8H,9H2,1-2H3. The highest BCUT2D eigenvalue weighted by Gasteiger charge is 2.22. The summed E-state index contributed by atoms with van der Waals surface area (Å²) in [6.07, 6.45) is 3.39. The third-order valence-electron chi connectivity index (χ3n) is 2.97. The molecule has 1 aromatic carbocycles. The molecule has 0 fully saturated rings. The van der Waals surface area contributed by atoms with Crippen LogP contribution in [0.25, 0.3) is 0 Å². The summed E-state index contributed by atoms with van der Waals surface area (Å²) >= 11 is 12.2. The molecule has 2 aromatic rings. The Morgan fingerprint density at radius 1 is 1.29 bits per heavy atom. The van der Waals surface area contributed by atoms with Gasteiger partial charge in [-0.05, 0) is 23.8 Å². The predicted molar refractivity (Wildman–Crippen MR) is 83.0 cm³/mol. The summed E-state index contributed by atoms with van der Waals surface area (Å²) in [4.78, 5) is 18.1.